The van der Waals surface area contributed by atoms with Gasteiger partial charge in [0.05, 0.1) is 6.04 Å². The molecule has 0 aliphatic rings. The van der Waals surface area contributed by atoms with Crippen LogP contribution < -0.4 is 10.1 Å². The summed E-state index contributed by atoms with van der Waals surface area (Å²) in [6.45, 7) is 2.06. The SMILES string of the molecule is C[C@H](COc1ccc(Br)cc1)NC(=O)O. The first-order valence-corrected chi connectivity index (χ1v) is 5.25. The lowest BCUT2D eigenvalue weighted by atomic mass is 10.3. The first-order chi connectivity index (χ1) is 7.08. The second-order valence-electron chi connectivity index (χ2n) is 3.12. The van der Waals surface area contributed by atoms with E-state index in [-0.39, 0.29) is 6.04 Å². The topological polar surface area (TPSA) is 58.6 Å². The average molecular weight is 274 g/mol. The summed E-state index contributed by atoms with van der Waals surface area (Å²) in [6, 6.07) is 7.14. The molecule has 0 aromatic heterocycles. The predicted octanol–water partition coefficient (Wildman–Crippen LogP) is 2.48. The van der Waals surface area contributed by atoms with Crippen LogP contribution in [0.15, 0.2) is 28.7 Å². The van der Waals surface area contributed by atoms with E-state index >= 15 is 0 Å². The fourth-order valence-corrected chi connectivity index (χ4v) is 1.27. The van der Waals surface area contributed by atoms with E-state index < -0.39 is 6.09 Å². The van der Waals surface area contributed by atoms with Gasteiger partial charge in [-0.2, -0.15) is 0 Å². The highest BCUT2D eigenvalue weighted by Crippen LogP contribution is 2.16. The maximum absolute atomic E-state index is 10.3. The standard InChI is InChI=1S/C10H12BrNO3/c1-7(12-10(13)14)6-15-9-4-2-8(11)3-5-9/h2-5,7,12H,6H2,1H3,(H,13,14)/t7-/m1/s1. The van der Waals surface area contributed by atoms with Gasteiger partial charge in [-0.05, 0) is 31.2 Å². The van der Waals surface area contributed by atoms with Crippen LogP contribution in [-0.4, -0.2) is 23.8 Å². The average Bonchev–Trinajstić information content (AvgIpc) is 2.16. The molecule has 2 N–H and O–H groups in total. The van der Waals surface area contributed by atoms with Crippen LogP contribution in [-0.2, 0) is 0 Å². The second-order valence-corrected chi connectivity index (χ2v) is 4.03. The van der Waals surface area contributed by atoms with Crippen LogP contribution in [0.4, 0.5) is 4.79 Å². The Labute approximate surface area is 96.4 Å². The normalized spacial score (nSPS) is 11.9. The molecule has 0 aliphatic carbocycles. The maximum Gasteiger partial charge on any atom is 0.404 e. The van der Waals surface area contributed by atoms with Crippen LogP contribution in [0.3, 0.4) is 0 Å². The number of carbonyl (C=O) groups is 1. The summed E-state index contributed by atoms with van der Waals surface area (Å²) in [5, 5.41) is 10.8. The van der Waals surface area contributed by atoms with E-state index in [2.05, 4.69) is 21.2 Å². The van der Waals surface area contributed by atoms with Crippen LogP contribution in [0, 0.1) is 0 Å². The van der Waals surface area contributed by atoms with E-state index in [4.69, 9.17) is 9.84 Å². The van der Waals surface area contributed by atoms with Gasteiger partial charge in [-0.15, -0.1) is 0 Å². The lowest BCUT2D eigenvalue weighted by Gasteiger charge is -2.12. The van der Waals surface area contributed by atoms with Crippen LogP contribution in [0.1, 0.15) is 6.92 Å². The minimum absolute atomic E-state index is 0.230. The summed E-state index contributed by atoms with van der Waals surface area (Å²) in [5.41, 5.74) is 0. The number of benzene rings is 1. The van der Waals surface area contributed by atoms with Gasteiger partial charge in [0.15, 0.2) is 0 Å². The van der Waals surface area contributed by atoms with Crippen molar-refractivity contribution in [1.82, 2.24) is 5.32 Å². The Hall–Kier alpha value is -1.23. The lowest BCUT2D eigenvalue weighted by molar-refractivity contribution is 0.183. The van der Waals surface area contributed by atoms with Gasteiger partial charge >= 0.3 is 6.09 Å². The maximum atomic E-state index is 10.3. The van der Waals surface area contributed by atoms with E-state index in [1.807, 2.05) is 24.3 Å². The molecule has 0 bridgehead atoms. The summed E-state index contributed by atoms with van der Waals surface area (Å²) in [5.74, 6) is 0.720. The number of amides is 1. The Balaban J connectivity index is 2.36. The number of rotatable bonds is 4. The molecule has 1 atom stereocenters. The zero-order valence-electron chi connectivity index (χ0n) is 8.24. The molecule has 0 aliphatic heterocycles. The summed E-state index contributed by atoms with van der Waals surface area (Å²) in [7, 11) is 0. The Morgan fingerprint density at radius 3 is 2.67 bits per heavy atom. The van der Waals surface area contributed by atoms with Crippen LogP contribution >= 0.6 is 15.9 Å². The van der Waals surface area contributed by atoms with Crippen LogP contribution in [0.2, 0.25) is 0 Å². The molecular formula is C10H12BrNO3. The van der Waals surface area contributed by atoms with Crippen molar-refractivity contribution in [1.29, 1.82) is 0 Å². The van der Waals surface area contributed by atoms with Crippen molar-refractivity contribution in [2.24, 2.45) is 0 Å². The fourth-order valence-electron chi connectivity index (χ4n) is 1.00. The first kappa shape index (κ1) is 11.8. The molecule has 0 radical (unpaired) electrons. The van der Waals surface area contributed by atoms with Crippen molar-refractivity contribution >= 4 is 22.0 Å². The van der Waals surface area contributed by atoms with Gasteiger partial charge in [0.1, 0.15) is 12.4 Å². The zero-order valence-corrected chi connectivity index (χ0v) is 9.82. The van der Waals surface area contributed by atoms with E-state index in [9.17, 15) is 4.79 Å². The zero-order chi connectivity index (χ0) is 11.3. The fraction of sp³-hybridized carbons (Fsp3) is 0.300. The van der Waals surface area contributed by atoms with Gasteiger partial charge in [0.2, 0.25) is 0 Å². The lowest BCUT2D eigenvalue weighted by Crippen LogP contribution is -2.35. The summed E-state index contributed by atoms with van der Waals surface area (Å²) >= 11 is 3.31. The van der Waals surface area contributed by atoms with Crippen molar-refractivity contribution in [3.05, 3.63) is 28.7 Å². The van der Waals surface area contributed by atoms with Gasteiger partial charge in [0.25, 0.3) is 0 Å². The number of hydrogen-bond donors (Lipinski definition) is 2. The molecule has 5 heteroatoms. The van der Waals surface area contributed by atoms with Gasteiger partial charge in [-0.1, -0.05) is 15.9 Å². The summed E-state index contributed by atoms with van der Waals surface area (Å²) in [6.07, 6.45) is -1.04. The van der Waals surface area contributed by atoms with E-state index in [0.29, 0.717) is 6.61 Å². The van der Waals surface area contributed by atoms with Crippen LogP contribution in [0.25, 0.3) is 0 Å². The van der Waals surface area contributed by atoms with Crippen molar-refractivity contribution in [2.45, 2.75) is 13.0 Å². The van der Waals surface area contributed by atoms with Gasteiger partial charge in [0, 0.05) is 4.47 Å². The highest BCUT2D eigenvalue weighted by Gasteiger charge is 2.05. The van der Waals surface area contributed by atoms with Crippen molar-refractivity contribution in [2.75, 3.05) is 6.61 Å². The Morgan fingerprint density at radius 1 is 1.53 bits per heavy atom. The molecule has 1 rings (SSSR count). The van der Waals surface area contributed by atoms with Crippen molar-refractivity contribution in [3.8, 4) is 5.75 Å². The van der Waals surface area contributed by atoms with Crippen molar-refractivity contribution in [3.63, 3.8) is 0 Å². The molecule has 1 aromatic rings. The monoisotopic (exact) mass is 273 g/mol. The first-order valence-electron chi connectivity index (χ1n) is 4.46. The molecule has 0 fully saturated rings. The molecule has 4 nitrogen and oxygen atoms in total. The summed E-state index contributed by atoms with van der Waals surface area (Å²) in [4.78, 5) is 10.3. The Kier molecular flexibility index (Phi) is 4.42. The van der Waals surface area contributed by atoms with Gasteiger partial charge in [-0.3, -0.25) is 0 Å². The highest BCUT2D eigenvalue weighted by atomic mass is 79.9. The molecular weight excluding hydrogens is 262 g/mol. The second kappa shape index (κ2) is 5.60. The highest BCUT2D eigenvalue weighted by molar-refractivity contribution is 9.10. The number of carboxylic acid groups (broad SMARTS) is 1. The Morgan fingerprint density at radius 2 is 2.13 bits per heavy atom. The van der Waals surface area contributed by atoms with E-state index in [0.717, 1.165) is 10.2 Å². The third-order valence-corrected chi connectivity index (χ3v) is 2.21. The quantitative estimate of drug-likeness (QED) is 0.886. The largest absolute Gasteiger partial charge is 0.491 e. The molecule has 0 saturated carbocycles. The molecule has 0 unspecified atom stereocenters. The minimum atomic E-state index is -1.04. The number of hydrogen-bond acceptors (Lipinski definition) is 2. The van der Waals surface area contributed by atoms with Crippen LogP contribution in [0.5, 0.6) is 5.75 Å². The van der Waals surface area contributed by atoms with Gasteiger partial charge in [-0.25, -0.2) is 4.79 Å². The van der Waals surface area contributed by atoms with E-state index in [1.165, 1.54) is 0 Å². The number of nitrogens with one attached hydrogen (secondary N) is 1. The molecule has 0 spiro atoms. The third-order valence-electron chi connectivity index (χ3n) is 1.68. The smallest absolute Gasteiger partial charge is 0.404 e. The molecule has 15 heavy (non-hydrogen) atoms. The van der Waals surface area contributed by atoms with E-state index in [1.54, 1.807) is 6.92 Å². The number of halogens is 1. The number of ether oxygens (including phenoxy) is 1. The summed E-state index contributed by atoms with van der Waals surface area (Å²) < 4.78 is 6.36. The Bertz CT molecular complexity index is 326. The molecule has 1 amide bonds. The minimum Gasteiger partial charge on any atom is -0.491 e. The van der Waals surface area contributed by atoms with Gasteiger partial charge < -0.3 is 15.2 Å². The molecule has 0 saturated heterocycles. The predicted molar refractivity (Wildman–Crippen MR) is 60.3 cm³/mol. The molecule has 0 heterocycles. The van der Waals surface area contributed by atoms with Crippen molar-refractivity contribution < 1.29 is 14.6 Å². The molecule has 1 aromatic carbocycles. The molecule has 82 valence electrons. The third kappa shape index (κ3) is 4.69.